The molecule has 0 bridgehead atoms. The maximum atomic E-state index is 13.4. The van der Waals surface area contributed by atoms with Crippen molar-refractivity contribution in [1.82, 2.24) is 14.9 Å². The van der Waals surface area contributed by atoms with Crippen LogP contribution in [0.25, 0.3) is 0 Å². The van der Waals surface area contributed by atoms with Gasteiger partial charge < -0.3 is 10.2 Å². The third-order valence-corrected chi connectivity index (χ3v) is 4.98. The number of likely N-dealkylation sites (tertiary alicyclic amines) is 1. The Morgan fingerprint density at radius 2 is 1.90 bits per heavy atom. The van der Waals surface area contributed by atoms with Crippen molar-refractivity contribution in [3.05, 3.63) is 83.7 Å². The Kier molecular flexibility index (Phi) is 5.46. The van der Waals surface area contributed by atoms with E-state index in [0.717, 1.165) is 18.5 Å². The number of amides is 1. The van der Waals surface area contributed by atoms with Crippen LogP contribution in [0.5, 0.6) is 0 Å². The van der Waals surface area contributed by atoms with E-state index in [1.54, 1.807) is 23.2 Å². The van der Waals surface area contributed by atoms with Crippen LogP contribution >= 0.6 is 0 Å². The van der Waals surface area contributed by atoms with Gasteiger partial charge in [-0.05, 0) is 61.4 Å². The molecule has 0 unspecified atom stereocenters. The van der Waals surface area contributed by atoms with Gasteiger partial charge in [-0.15, -0.1) is 0 Å². The second kappa shape index (κ2) is 8.34. The van der Waals surface area contributed by atoms with E-state index in [1.165, 1.54) is 36.4 Å². The molecule has 1 saturated heterocycles. The Labute approximate surface area is 167 Å². The van der Waals surface area contributed by atoms with Gasteiger partial charge in [-0.2, -0.15) is 0 Å². The van der Waals surface area contributed by atoms with Crippen LogP contribution in [-0.4, -0.2) is 33.9 Å². The van der Waals surface area contributed by atoms with E-state index in [-0.39, 0.29) is 23.5 Å². The molecule has 1 aliphatic rings. The highest BCUT2D eigenvalue weighted by molar-refractivity contribution is 5.94. The van der Waals surface area contributed by atoms with E-state index < -0.39 is 0 Å². The van der Waals surface area contributed by atoms with Crippen LogP contribution in [-0.2, 0) is 0 Å². The molecule has 2 aromatic carbocycles. The molecule has 0 spiro atoms. The maximum Gasteiger partial charge on any atom is 0.253 e. The molecule has 1 N–H and O–H groups in total. The summed E-state index contributed by atoms with van der Waals surface area (Å²) in [4.78, 5) is 23.3. The average molecular weight is 394 g/mol. The molecule has 1 aromatic heterocycles. The number of rotatable bonds is 4. The minimum absolute atomic E-state index is 0.0733. The third kappa shape index (κ3) is 4.56. The molecule has 148 valence electrons. The van der Waals surface area contributed by atoms with Gasteiger partial charge in [0, 0.05) is 36.5 Å². The first-order valence-corrected chi connectivity index (χ1v) is 9.49. The standard InChI is InChI=1S/C22H20F2N4O/c23-17-8-6-15(7-9-17)21(29)28-12-2-3-16(14-28)20-10-11-25-22(27-20)26-19-5-1-4-18(24)13-19/h1,4-11,13,16H,2-3,12,14H2,(H,25,26,27)/t16-/m0/s1. The fraction of sp³-hybridized carbons (Fsp3) is 0.227. The molecule has 0 aliphatic carbocycles. The second-order valence-electron chi connectivity index (χ2n) is 7.04. The van der Waals surface area contributed by atoms with Crippen LogP contribution < -0.4 is 5.32 Å². The number of nitrogens with one attached hydrogen (secondary N) is 1. The van der Waals surface area contributed by atoms with Gasteiger partial charge in [0.25, 0.3) is 5.91 Å². The smallest absolute Gasteiger partial charge is 0.253 e. The lowest BCUT2D eigenvalue weighted by Gasteiger charge is -2.32. The molecule has 7 heteroatoms. The van der Waals surface area contributed by atoms with Crippen LogP contribution in [0, 0.1) is 11.6 Å². The van der Waals surface area contributed by atoms with Crippen molar-refractivity contribution in [2.24, 2.45) is 0 Å². The molecule has 2 heterocycles. The number of halogens is 2. The highest BCUT2D eigenvalue weighted by Crippen LogP contribution is 2.27. The number of aromatic nitrogens is 2. The Hall–Kier alpha value is -3.35. The molecule has 1 aliphatic heterocycles. The minimum atomic E-state index is -0.364. The Morgan fingerprint density at radius 1 is 1.07 bits per heavy atom. The number of piperidine rings is 1. The van der Waals surface area contributed by atoms with Gasteiger partial charge in [-0.25, -0.2) is 18.7 Å². The number of carbonyl (C=O) groups excluding carboxylic acids is 1. The van der Waals surface area contributed by atoms with Crippen LogP contribution in [0.15, 0.2) is 60.8 Å². The van der Waals surface area contributed by atoms with E-state index in [0.29, 0.717) is 30.3 Å². The lowest BCUT2D eigenvalue weighted by atomic mass is 9.94. The van der Waals surface area contributed by atoms with Gasteiger partial charge in [-0.1, -0.05) is 6.07 Å². The highest BCUT2D eigenvalue weighted by atomic mass is 19.1. The predicted octanol–water partition coefficient (Wildman–Crippen LogP) is 4.52. The highest BCUT2D eigenvalue weighted by Gasteiger charge is 2.26. The largest absolute Gasteiger partial charge is 0.338 e. The molecular weight excluding hydrogens is 374 g/mol. The van der Waals surface area contributed by atoms with Crippen LogP contribution in [0.2, 0.25) is 0 Å². The number of benzene rings is 2. The topological polar surface area (TPSA) is 58.1 Å². The number of nitrogens with zero attached hydrogens (tertiary/aromatic N) is 3. The summed E-state index contributed by atoms with van der Waals surface area (Å²) >= 11 is 0. The fourth-order valence-corrected chi connectivity index (χ4v) is 3.53. The molecule has 0 radical (unpaired) electrons. The fourth-order valence-electron chi connectivity index (χ4n) is 3.53. The maximum absolute atomic E-state index is 13.4. The number of hydrogen-bond donors (Lipinski definition) is 1. The van der Waals surface area contributed by atoms with Gasteiger partial charge in [-0.3, -0.25) is 4.79 Å². The number of anilines is 2. The third-order valence-electron chi connectivity index (χ3n) is 4.98. The molecule has 29 heavy (non-hydrogen) atoms. The molecule has 0 saturated carbocycles. The van der Waals surface area contributed by atoms with E-state index >= 15 is 0 Å². The lowest BCUT2D eigenvalue weighted by Crippen LogP contribution is -2.39. The van der Waals surface area contributed by atoms with Crippen molar-refractivity contribution in [1.29, 1.82) is 0 Å². The summed E-state index contributed by atoms with van der Waals surface area (Å²) < 4.78 is 26.5. The molecule has 1 amide bonds. The predicted molar refractivity (Wildman–Crippen MR) is 106 cm³/mol. The van der Waals surface area contributed by atoms with E-state index in [2.05, 4.69) is 15.3 Å². The van der Waals surface area contributed by atoms with Crippen molar-refractivity contribution in [3.8, 4) is 0 Å². The van der Waals surface area contributed by atoms with Gasteiger partial charge in [0.05, 0.1) is 5.69 Å². The first-order chi connectivity index (χ1) is 14.1. The zero-order valence-electron chi connectivity index (χ0n) is 15.7. The van der Waals surface area contributed by atoms with Crippen LogP contribution in [0.1, 0.15) is 34.8 Å². The first kappa shape index (κ1) is 19.0. The summed E-state index contributed by atoms with van der Waals surface area (Å²) in [5.41, 5.74) is 1.87. The Bertz CT molecular complexity index is 1010. The summed E-state index contributed by atoms with van der Waals surface area (Å²) in [5.74, 6) is -0.355. The Morgan fingerprint density at radius 3 is 2.69 bits per heavy atom. The lowest BCUT2D eigenvalue weighted by molar-refractivity contribution is 0.0706. The Balaban J connectivity index is 1.48. The molecule has 3 aromatic rings. The van der Waals surface area contributed by atoms with Crippen LogP contribution in [0.3, 0.4) is 0 Å². The molecule has 5 nitrogen and oxygen atoms in total. The number of hydrogen-bond acceptors (Lipinski definition) is 4. The van der Waals surface area contributed by atoms with Gasteiger partial charge in [0.15, 0.2) is 0 Å². The SMILES string of the molecule is O=C(c1ccc(F)cc1)N1CCC[C@H](c2ccnc(Nc3cccc(F)c3)n2)C1. The minimum Gasteiger partial charge on any atom is -0.338 e. The van der Waals surface area contributed by atoms with Crippen molar-refractivity contribution in [2.75, 3.05) is 18.4 Å². The zero-order valence-corrected chi connectivity index (χ0v) is 15.7. The van der Waals surface area contributed by atoms with Crippen molar-refractivity contribution in [2.45, 2.75) is 18.8 Å². The van der Waals surface area contributed by atoms with E-state index in [1.807, 2.05) is 6.07 Å². The first-order valence-electron chi connectivity index (χ1n) is 9.49. The van der Waals surface area contributed by atoms with Crippen molar-refractivity contribution in [3.63, 3.8) is 0 Å². The normalized spacial score (nSPS) is 16.5. The molecular formula is C22H20F2N4O. The van der Waals surface area contributed by atoms with Gasteiger partial charge >= 0.3 is 0 Å². The monoisotopic (exact) mass is 394 g/mol. The number of carbonyl (C=O) groups is 1. The summed E-state index contributed by atoms with van der Waals surface area (Å²) in [6, 6.07) is 13.5. The quantitative estimate of drug-likeness (QED) is 0.707. The molecule has 4 rings (SSSR count). The van der Waals surface area contributed by atoms with Crippen LogP contribution in [0.4, 0.5) is 20.4 Å². The second-order valence-corrected chi connectivity index (χ2v) is 7.04. The molecule has 1 fully saturated rings. The summed E-state index contributed by atoms with van der Waals surface area (Å²) in [7, 11) is 0. The van der Waals surface area contributed by atoms with Crippen molar-refractivity contribution >= 4 is 17.5 Å². The van der Waals surface area contributed by atoms with Crippen molar-refractivity contribution < 1.29 is 13.6 Å². The van der Waals surface area contributed by atoms with E-state index in [4.69, 9.17) is 0 Å². The summed E-state index contributed by atoms with van der Waals surface area (Å²) in [6.07, 6.45) is 3.42. The molecule has 1 atom stereocenters. The van der Waals surface area contributed by atoms with E-state index in [9.17, 15) is 13.6 Å². The van der Waals surface area contributed by atoms with Gasteiger partial charge in [0.2, 0.25) is 5.95 Å². The van der Waals surface area contributed by atoms with Gasteiger partial charge in [0.1, 0.15) is 11.6 Å². The summed E-state index contributed by atoms with van der Waals surface area (Å²) in [5, 5.41) is 3.01. The average Bonchev–Trinajstić information content (AvgIpc) is 2.74. The zero-order chi connectivity index (χ0) is 20.2. The summed E-state index contributed by atoms with van der Waals surface area (Å²) in [6.45, 7) is 1.19.